The summed E-state index contributed by atoms with van der Waals surface area (Å²) in [6.45, 7) is 0.268. The summed E-state index contributed by atoms with van der Waals surface area (Å²) < 4.78 is 10.6. The number of rotatable bonds is 3. The Morgan fingerprint density at radius 2 is 1.95 bits per heavy atom. The van der Waals surface area contributed by atoms with Crippen LogP contribution in [0.25, 0.3) is 0 Å². The minimum atomic E-state index is -0.566. The summed E-state index contributed by atoms with van der Waals surface area (Å²) in [5, 5.41) is 3.49. The highest BCUT2D eigenvalue weighted by Crippen LogP contribution is 2.52. The predicted octanol–water partition coefficient (Wildman–Crippen LogP) is 3.07. The lowest BCUT2D eigenvalue weighted by Gasteiger charge is -2.23. The van der Waals surface area contributed by atoms with Gasteiger partial charge >= 0.3 is 6.16 Å². The first-order chi connectivity index (χ1) is 10.3. The number of ether oxygens (including phenoxy) is 2. The SMILES string of the molecule is O=C(OCc1ccccc1)O[C@H]1C[C@H]2[C@@H]3CC[C@@H](C3)[C@H]2N1. The van der Waals surface area contributed by atoms with Crippen LogP contribution >= 0.6 is 0 Å². The van der Waals surface area contributed by atoms with Crippen molar-refractivity contribution in [1.82, 2.24) is 5.32 Å². The highest BCUT2D eigenvalue weighted by Gasteiger charge is 2.52. The molecule has 4 rings (SSSR count). The number of hydrogen-bond donors (Lipinski definition) is 1. The number of carbonyl (C=O) groups excluding carboxylic acids is 1. The van der Waals surface area contributed by atoms with E-state index in [1.54, 1.807) is 0 Å². The van der Waals surface area contributed by atoms with Crippen LogP contribution in [0.1, 0.15) is 31.2 Å². The second-order valence-electron chi connectivity index (χ2n) is 6.56. The smallest absolute Gasteiger partial charge is 0.429 e. The third-order valence-corrected chi connectivity index (χ3v) is 5.39. The Morgan fingerprint density at radius 1 is 1.14 bits per heavy atom. The molecule has 2 saturated carbocycles. The minimum absolute atomic E-state index is 0.160. The fourth-order valence-corrected chi connectivity index (χ4v) is 4.49. The summed E-state index contributed by atoms with van der Waals surface area (Å²) in [5.41, 5.74) is 0.976. The highest BCUT2D eigenvalue weighted by atomic mass is 16.7. The Bertz CT molecular complexity index is 500. The maximum Gasteiger partial charge on any atom is 0.510 e. The molecule has 21 heavy (non-hydrogen) atoms. The number of carbonyl (C=O) groups is 1. The van der Waals surface area contributed by atoms with E-state index in [2.05, 4.69) is 5.32 Å². The van der Waals surface area contributed by atoms with Crippen LogP contribution in [-0.4, -0.2) is 18.4 Å². The zero-order valence-electron chi connectivity index (χ0n) is 12.0. The van der Waals surface area contributed by atoms with Gasteiger partial charge in [-0.2, -0.15) is 0 Å². The number of nitrogens with one attached hydrogen (secondary N) is 1. The summed E-state index contributed by atoms with van der Waals surface area (Å²) in [7, 11) is 0. The van der Waals surface area contributed by atoms with Gasteiger partial charge in [-0.05, 0) is 42.6 Å². The maximum atomic E-state index is 11.8. The predicted molar refractivity (Wildman–Crippen MR) is 77.4 cm³/mol. The van der Waals surface area contributed by atoms with E-state index in [0.29, 0.717) is 12.0 Å². The molecule has 4 nitrogen and oxygen atoms in total. The molecule has 3 aliphatic rings. The largest absolute Gasteiger partial charge is 0.510 e. The lowest BCUT2D eigenvalue weighted by Crippen LogP contribution is -2.37. The van der Waals surface area contributed by atoms with Gasteiger partial charge in [0.25, 0.3) is 0 Å². The van der Waals surface area contributed by atoms with Crippen molar-refractivity contribution in [3.63, 3.8) is 0 Å². The molecule has 3 fully saturated rings. The molecular weight excluding hydrogens is 266 g/mol. The van der Waals surface area contributed by atoms with Crippen molar-refractivity contribution in [3.05, 3.63) is 35.9 Å². The molecule has 1 aromatic carbocycles. The van der Waals surface area contributed by atoms with Crippen LogP contribution in [0.3, 0.4) is 0 Å². The summed E-state index contributed by atoms with van der Waals surface area (Å²) in [6, 6.07) is 10.2. The van der Waals surface area contributed by atoms with Gasteiger partial charge in [0.05, 0.1) is 0 Å². The van der Waals surface area contributed by atoms with E-state index >= 15 is 0 Å². The van der Waals surface area contributed by atoms with Crippen molar-refractivity contribution in [2.45, 2.75) is 44.6 Å². The van der Waals surface area contributed by atoms with Crippen LogP contribution in [0.15, 0.2) is 30.3 Å². The monoisotopic (exact) mass is 287 g/mol. The van der Waals surface area contributed by atoms with Gasteiger partial charge in [0.2, 0.25) is 0 Å². The molecule has 0 unspecified atom stereocenters. The maximum absolute atomic E-state index is 11.8. The second kappa shape index (κ2) is 5.34. The molecule has 2 bridgehead atoms. The first-order valence-electron chi connectivity index (χ1n) is 7.93. The molecule has 0 spiro atoms. The van der Waals surface area contributed by atoms with Gasteiger partial charge in [0.1, 0.15) is 6.61 Å². The first-order valence-corrected chi connectivity index (χ1v) is 7.93. The van der Waals surface area contributed by atoms with E-state index in [4.69, 9.17) is 9.47 Å². The van der Waals surface area contributed by atoms with Gasteiger partial charge in [-0.15, -0.1) is 0 Å². The number of hydrogen-bond acceptors (Lipinski definition) is 4. The molecule has 4 heteroatoms. The van der Waals surface area contributed by atoms with Crippen LogP contribution in [0, 0.1) is 17.8 Å². The average molecular weight is 287 g/mol. The van der Waals surface area contributed by atoms with E-state index in [1.807, 2.05) is 30.3 Å². The normalized spacial score (nSPS) is 36.5. The third-order valence-electron chi connectivity index (χ3n) is 5.39. The minimum Gasteiger partial charge on any atom is -0.429 e. The summed E-state index contributed by atoms with van der Waals surface area (Å²) >= 11 is 0. The lowest BCUT2D eigenvalue weighted by molar-refractivity contribution is 0.0106. The molecule has 0 radical (unpaired) electrons. The summed E-state index contributed by atoms with van der Waals surface area (Å²) in [6.07, 6.45) is 4.29. The molecular formula is C17H21NO3. The van der Waals surface area contributed by atoms with Crippen molar-refractivity contribution in [2.24, 2.45) is 17.8 Å². The van der Waals surface area contributed by atoms with Gasteiger partial charge in [0, 0.05) is 12.5 Å². The van der Waals surface area contributed by atoms with Gasteiger partial charge < -0.3 is 9.47 Å². The zero-order chi connectivity index (χ0) is 14.2. The van der Waals surface area contributed by atoms with E-state index in [-0.39, 0.29) is 12.8 Å². The van der Waals surface area contributed by atoms with Crippen molar-refractivity contribution in [2.75, 3.05) is 0 Å². The van der Waals surface area contributed by atoms with Crippen LogP contribution in [0.5, 0.6) is 0 Å². The first kappa shape index (κ1) is 13.1. The standard InChI is InChI=1S/C17H21NO3/c19-17(20-10-11-4-2-1-3-5-11)21-15-9-14-12-6-7-13(8-12)16(14)18-15/h1-5,12-16,18H,6-10H2/t12-,13+,14+,15+,16-/m1/s1. The average Bonchev–Trinajstić information content (AvgIpc) is 3.18. The van der Waals surface area contributed by atoms with Crippen molar-refractivity contribution in [3.8, 4) is 0 Å². The molecule has 5 atom stereocenters. The zero-order valence-corrected chi connectivity index (χ0v) is 12.0. The van der Waals surface area contributed by atoms with E-state index < -0.39 is 6.16 Å². The molecule has 1 saturated heterocycles. The highest BCUT2D eigenvalue weighted by molar-refractivity contribution is 5.60. The fraction of sp³-hybridized carbons (Fsp3) is 0.588. The van der Waals surface area contributed by atoms with E-state index in [1.165, 1.54) is 19.3 Å². The number of benzene rings is 1. The Balaban J connectivity index is 1.26. The molecule has 0 aromatic heterocycles. The Kier molecular flexibility index (Phi) is 3.34. The van der Waals surface area contributed by atoms with Gasteiger partial charge in [0.15, 0.2) is 6.23 Å². The van der Waals surface area contributed by atoms with Crippen LogP contribution in [-0.2, 0) is 16.1 Å². The van der Waals surface area contributed by atoms with Crippen molar-refractivity contribution >= 4 is 6.16 Å². The third kappa shape index (κ3) is 2.53. The molecule has 1 N–H and O–H groups in total. The molecule has 1 aliphatic heterocycles. The van der Waals surface area contributed by atoms with Crippen LogP contribution in [0.4, 0.5) is 4.79 Å². The quantitative estimate of drug-likeness (QED) is 0.868. The molecule has 0 amide bonds. The molecule has 2 aliphatic carbocycles. The lowest BCUT2D eigenvalue weighted by atomic mass is 9.85. The van der Waals surface area contributed by atoms with Gasteiger partial charge in [-0.3, -0.25) is 5.32 Å². The van der Waals surface area contributed by atoms with Crippen LogP contribution < -0.4 is 5.32 Å². The Labute approximate surface area is 124 Å². The second-order valence-corrected chi connectivity index (χ2v) is 6.56. The topological polar surface area (TPSA) is 47.6 Å². The van der Waals surface area contributed by atoms with Crippen molar-refractivity contribution in [1.29, 1.82) is 0 Å². The fourth-order valence-electron chi connectivity index (χ4n) is 4.49. The number of fused-ring (bicyclic) bond motifs is 5. The van der Waals surface area contributed by atoms with E-state index in [9.17, 15) is 4.79 Å². The summed E-state index contributed by atoms with van der Waals surface area (Å²) in [5.74, 6) is 2.35. The van der Waals surface area contributed by atoms with E-state index in [0.717, 1.165) is 23.8 Å². The van der Waals surface area contributed by atoms with Crippen molar-refractivity contribution < 1.29 is 14.3 Å². The Morgan fingerprint density at radius 3 is 2.76 bits per heavy atom. The summed E-state index contributed by atoms with van der Waals surface area (Å²) in [4.78, 5) is 11.8. The molecule has 1 heterocycles. The van der Waals surface area contributed by atoms with Gasteiger partial charge in [-0.25, -0.2) is 4.79 Å². The van der Waals surface area contributed by atoms with Gasteiger partial charge in [-0.1, -0.05) is 30.3 Å². The molecule has 1 aromatic rings. The van der Waals surface area contributed by atoms with Crippen LogP contribution in [0.2, 0.25) is 0 Å². The Hall–Kier alpha value is -1.55. The molecule has 112 valence electrons.